The van der Waals surface area contributed by atoms with Crippen molar-refractivity contribution in [2.24, 2.45) is 0 Å². The van der Waals surface area contributed by atoms with E-state index < -0.39 is 0 Å². The van der Waals surface area contributed by atoms with Gasteiger partial charge >= 0.3 is 0 Å². The van der Waals surface area contributed by atoms with Crippen LogP contribution in [0.4, 0.5) is 5.69 Å². The van der Waals surface area contributed by atoms with E-state index in [1.54, 1.807) is 18.5 Å². The first-order chi connectivity index (χ1) is 13.2. The maximum absolute atomic E-state index is 13.0. The van der Waals surface area contributed by atoms with Gasteiger partial charge in [0.1, 0.15) is 0 Å². The molecule has 3 aromatic rings. The Hall–Kier alpha value is -2.70. The van der Waals surface area contributed by atoms with E-state index in [2.05, 4.69) is 20.9 Å². The van der Waals surface area contributed by atoms with Crippen molar-refractivity contribution in [2.75, 3.05) is 11.4 Å². The molecule has 136 valence electrons. The maximum Gasteiger partial charge on any atom is 0.244 e. The van der Waals surface area contributed by atoms with Crippen LogP contribution in [0.2, 0.25) is 5.02 Å². The van der Waals surface area contributed by atoms with Gasteiger partial charge in [-0.05, 0) is 42.8 Å². The summed E-state index contributed by atoms with van der Waals surface area (Å²) in [4.78, 5) is 25.8. The summed E-state index contributed by atoms with van der Waals surface area (Å²) >= 11 is 6.11. The first-order valence-corrected chi connectivity index (χ1v) is 9.35. The molecule has 2 aliphatic rings. The van der Waals surface area contributed by atoms with Gasteiger partial charge in [0.25, 0.3) is 0 Å². The normalized spacial score (nSPS) is 22.0. The van der Waals surface area contributed by atoms with Crippen LogP contribution in [0.3, 0.4) is 0 Å². The van der Waals surface area contributed by atoms with Crippen LogP contribution < -0.4 is 4.90 Å². The van der Waals surface area contributed by atoms with Crippen molar-refractivity contribution in [3.05, 3.63) is 71.8 Å². The van der Waals surface area contributed by atoms with Gasteiger partial charge < -0.3 is 4.90 Å². The topological polar surface area (TPSA) is 54.3 Å². The summed E-state index contributed by atoms with van der Waals surface area (Å²) in [5.41, 5.74) is 1.97. The molecule has 7 heteroatoms. The predicted octanol–water partition coefficient (Wildman–Crippen LogP) is 2.91. The summed E-state index contributed by atoms with van der Waals surface area (Å²) in [5, 5.41) is 0.653. The first-order valence-electron chi connectivity index (χ1n) is 8.97. The number of amides is 1. The molecule has 0 unspecified atom stereocenters. The molecule has 0 N–H and O–H groups in total. The zero-order chi connectivity index (χ0) is 18.4. The second-order valence-electron chi connectivity index (χ2n) is 6.94. The highest BCUT2D eigenvalue weighted by molar-refractivity contribution is 6.31. The number of hydrogen-bond donors (Lipinski definition) is 0. The molecule has 2 atom stereocenters. The van der Waals surface area contributed by atoms with Crippen molar-refractivity contribution in [1.82, 2.24) is 19.4 Å². The summed E-state index contributed by atoms with van der Waals surface area (Å²) < 4.78 is 1.98. The number of carbonyl (C=O) groups excluding carboxylic acids is 1. The van der Waals surface area contributed by atoms with Crippen LogP contribution in [-0.4, -0.2) is 44.0 Å². The third kappa shape index (κ3) is 2.81. The van der Waals surface area contributed by atoms with Crippen molar-refractivity contribution in [2.45, 2.75) is 25.0 Å². The predicted molar refractivity (Wildman–Crippen MR) is 103 cm³/mol. The lowest BCUT2D eigenvalue weighted by molar-refractivity contribution is -0.122. The number of aromatic nitrogens is 3. The van der Waals surface area contributed by atoms with Crippen LogP contribution in [0, 0.1) is 0 Å². The Morgan fingerprint density at radius 3 is 2.74 bits per heavy atom. The number of fused-ring (bicyclic) bond motifs is 2. The fourth-order valence-corrected chi connectivity index (χ4v) is 4.35. The molecule has 6 nitrogen and oxygen atoms in total. The third-order valence-electron chi connectivity index (χ3n) is 5.32. The Bertz CT molecular complexity index is 989. The van der Waals surface area contributed by atoms with E-state index in [4.69, 9.17) is 11.6 Å². The van der Waals surface area contributed by atoms with Crippen LogP contribution in [0.5, 0.6) is 0 Å². The minimum Gasteiger partial charge on any atom is -0.307 e. The molecule has 2 aromatic heterocycles. The minimum absolute atomic E-state index is 0.0889. The number of rotatable bonds is 4. The van der Waals surface area contributed by atoms with Crippen molar-refractivity contribution in [3.8, 4) is 5.95 Å². The summed E-state index contributed by atoms with van der Waals surface area (Å²) in [6.45, 7) is 1.55. The molecule has 1 amide bonds. The zero-order valence-electron chi connectivity index (χ0n) is 14.6. The molecule has 0 saturated carbocycles. The fraction of sp³-hybridized carbons (Fsp3) is 0.250. The molecule has 2 fully saturated rings. The van der Waals surface area contributed by atoms with Crippen molar-refractivity contribution >= 4 is 23.2 Å². The van der Waals surface area contributed by atoms with E-state index >= 15 is 0 Å². The molecule has 2 aliphatic heterocycles. The number of nitrogens with zero attached hydrogens (tertiary/aromatic N) is 5. The van der Waals surface area contributed by atoms with Crippen molar-refractivity contribution in [3.63, 3.8) is 0 Å². The van der Waals surface area contributed by atoms with Gasteiger partial charge in [-0.1, -0.05) is 17.7 Å². The third-order valence-corrected chi connectivity index (χ3v) is 5.56. The summed E-state index contributed by atoms with van der Waals surface area (Å²) in [6, 6.07) is 13.5. The largest absolute Gasteiger partial charge is 0.307 e. The summed E-state index contributed by atoms with van der Waals surface area (Å²) in [5.74, 6) is 0.802. The van der Waals surface area contributed by atoms with Gasteiger partial charge in [-0.3, -0.25) is 14.3 Å². The number of anilines is 1. The smallest absolute Gasteiger partial charge is 0.244 e. The zero-order valence-corrected chi connectivity index (χ0v) is 15.3. The summed E-state index contributed by atoms with van der Waals surface area (Å²) in [7, 11) is 0. The number of halogens is 1. The van der Waals surface area contributed by atoms with Crippen molar-refractivity contribution in [1.29, 1.82) is 0 Å². The molecule has 2 bridgehead atoms. The molecule has 0 spiro atoms. The first kappa shape index (κ1) is 16.5. The van der Waals surface area contributed by atoms with E-state index in [1.807, 2.05) is 46.0 Å². The van der Waals surface area contributed by atoms with Crippen LogP contribution >= 0.6 is 11.6 Å². The molecule has 4 heterocycles. The highest BCUT2D eigenvalue weighted by Crippen LogP contribution is 2.37. The van der Waals surface area contributed by atoms with Gasteiger partial charge in [-0.2, -0.15) is 0 Å². The maximum atomic E-state index is 13.0. The SMILES string of the molecule is O=C1[C@@H]2C[C@@H](CN2Cc2cccn2-c2ncccn2)N1c1cccc(Cl)c1. The average Bonchev–Trinajstić information content (AvgIpc) is 3.37. The number of hydrogen-bond acceptors (Lipinski definition) is 4. The van der Waals surface area contributed by atoms with E-state index in [1.165, 1.54) is 0 Å². The Labute approximate surface area is 162 Å². The standard InChI is InChI=1S/C20H18ClN5O/c21-14-4-1-5-15(10-14)26-17-11-18(19(26)27)24(13-17)12-16-6-2-9-25(16)20-22-7-3-8-23-20/h1-10,17-18H,11-13H2/t17-,18-/m0/s1. The Kier molecular flexibility index (Phi) is 3.95. The average molecular weight is 380 g/mol. The van der Waals surface area contributed by atoms with Gasteiger partial charge in [-0.15, -0.1) is 0 Å². The quantitative estimate of drug-likeness (QED) is 0.699. The Morgan fingerprint density at radius 2 is 1.96 bits per heavy atom. The lowest BCUT2D eigenvalue weighted by atomic mass is 10.2. The second kappa shape index (κ2) is 6.48. The Morgan fingerprint density at radius 1 is 1.11 bits per heavy atom. The van der Waals surface area contributed by atoms with Gasteiger partial charge in [0, 0.05) is 48.1 Å². The molecule has 0 aliphatic carbocycles. The van der Waals surface area contributed by atoms with Crippen molar-refractivity contribution < 1.29 is 4.79 Å². The molecule has 27 heavy (non-hydrogen) atoms. The fourth-order valence-electron chi connectivity index (χ4n) is 4.17. The van der Waals surface area contributed by atoms with E-state index in [9.17, 15) is 4.79 Å². The molecule has 5 rings (SSSR count). The minimum atomic E-state index is -0.0889. The van der Waals surface area contributed by atoms with Crippen LogP contribution in [0.1, 0.15) is 12.1 Å². The van der Waals surface area contributed by atoms with Crippen LogP contribution in [0.25, 0.3) is 5.95 Å². The van der Waals surface area contributed by atoms with Gasteiger partial charge in [0.05, 0.1) is 12.1 Å². The number of benzene rings is 1. The molecule has 1 aromatic carbocycles. The van der Waals surface area contributed by atoms with E-state index in [0.717, 1.165) is 24.3 Å². The lowest BCUT2D eigenvalue weighted by Crippen LogP contribution is -2.50. The number of likely N-dealkylation sites (tertiary alicyclic amines) is 1. The van der Waals surface area contributed by atoms with Gasteiger partial charge in [0.2, 0.25) is 11.9 Å². The monoisotopic (exact) mass is 379 g/mol. The molecular weight excluding hydrogens is 362 g/mol. The lowest BCUT2D eigenvalue weighted by Gasteiger charge is -2.34. The highest BCUT2D eigenvalue weighted by atomic mass is 35.5. The van der Waals surface area contributed by atoms with E-state index in [-0.39, 0.29) is 18.0 Å². The molecular formula is C20H18ClN5O. The van der Waals surface area contributed by atoms with Gasteiger partial charge in [-0.25, -0.2) is 9.97 Å². The van der Waals surface area contributed by atoms with Gasteiger partial charge in [0.15, 0.2) is 0 Å². The van der Waals surface area contributed by atoms with Crippen LogP contribution in [-0.2, 0) is 11.3 Å². The molecule has 2 saturated heterocycles. The molecule has 0 radical (unpaired) electrons. The Balaban J connectivity index is 1.36. The number of carbonyl (C=O) groups is 1. The summed E-state index contributed by atoms with van der Waals surface area (Å²) in [6.07, 6.45) is 6.28. The van der Waals surface area contributed by atoms with Crippen LogP contribution in [0.15, 0.2) is 61.1 Å². The number of piperazine rings is 1. The van der Waals surface area contributed by atoms with E-state index in [0.29, 0.717) is 17.5 Å². The second-order valence-corrected chi connectivity index (χ2v) is 7.38. The highest BCUT2D eigenvalue weighted by Gasteiger charge is 2.50.